The van der Waals surface area contributed by atoms with E-state index in [9.17, 15) is 4.79 Å². The van der Waals surface area contributed by atoms with E-state index < -0.39 is 0 Å². The van der Waals surface area contributed by atoms with Gasteiger partial charge in [0, 0.05) is 25.2 Å². The van der Waals surface area contributed by atoms with Crippen molar-refractivity contribution in [2.75, 3.05) is 32.8 Å². The number of ether oxygens (including phenoxy) is 1. The Morgan fingerprint density at radius 2 is 1.56 bits per heavy atom. The third-order valence-corrected chi connectivity index (χ3v) is 4.64. The first-order valence-electron chi connectivity index (χ1n) is 8.86. The number of nitrogens with one attached hydrogen (secondary N) is 1. The lowest BCUT2D eigenvalue weighted by Crippen LogP contribution is -2.43. The van der Waals surface area contributed by atoms with Crippen molar-refractivity contribution >= 4 is 5.91 Å². The number of amides is 1. The predicted molar refractivity (Wildman–Crippen MR) is 99.8 cm³/mol. The molecule has 0 radical (unpaired) electrons. The van der Waals surface area contributed by atoms with Crippen molar-refractivity contribution in [2.45, 2.75) is 19.9 Å². The Labute approximate surface area is 149 Å². The van der Waals surface area contributed by atoms with Crippen molar-refractivity contribution in [2.24, 2.45) is 0 Å². The zero-order chi connectivity index (χ0) is 17.6. The summed E-state index contributed by atoms with van der Waals surface area (Å²) >= 11 is 0. The second-order valence-electron chi connectivity index (χ2n) is 6.72. The highest BCUT2D eigenvalue weighted by Crippen LogP contribution is 2.17. The highest BCUT2D eigenvalue weighted by molar-refractivity contribution is 5.94. The molecule has 1 aliphatic heterocycles. The second kappa shape index (κ2) is 8.28. The first kappa shape index (κ1) is 17.6. The van der Waals surface area contributed by atoms with Gasteiger partial charge in [-0.1, -0.05) is 47.5 Å². The van der Waals surface area contributed by atoms with Gasteiger partial charge in [-0.2, -0.15) is 0 Å². The average Bonchev–Trinajstić information content (AvgIpc) is 2.63. The van der Waals surface area contributed by atoms with Gasteiger partial charge in [-0.05, 0) is 31.5 Å². The smallest absolute Gasteiger partial charge is 0.251 e. The maximum Gasteiger partial charge on any atom is 0.251 e. The van der Waals surface area contributed by atoms with Gasteiger partial charge in [0.25, 0.3) is 5.91 Å². The van der Waals surface area contributed by atoms with Crippen LogP contribution in [-0.4, -0.2) is 43.7 Å². The number of benzene rings is 2. The Balaban J connectivity index is 1.76. The molecule has 1 N–H and O–H groups in total. The molecule has 0 aromatic heterocycles. The minimum absolute atomic E-state index is 0.0289. The molecule has 0 spiro atoms. The van der Waals surface area contributed by atoms with Crippen LogP contribution in [0.1, 0.15) is 33.1 Å². The largest absolute Gasteiger partial charge is 0.379 e. The third-order valence-electron chi connectivity index (χ3n) is 4.64. The van der Waals surface area contributed by atoms with E-state index in [1.165, 1.54) is 5.56 Å². The van der Waals surface area contributed by atoms with E-state index in [2.05, 4.69) is 41.4 Å². The Hall–Kier alpha value is -2.17. The number of aryl methyl sites for hydroxylation is 2. The van der Waals surface area contributed by atoms with Crippen LogP contribution in [0.5, 0.6) is 0 Å². The first-order valence-corrected chi connectivity index (χ1v) is 8.86. The van der Waals surface area contributed by atoms with Crippen LogP contribution in [0.3, 0.4) is 0 Å². The van der Waals surface area contributed by atoms with Crippen LogP contribution in [0, 0.1) is 13.8 Å². The summed E-state index contributed by atoms with van der Waals surface area (Å²) in [5.74, 6) is -0.0289. The normalized spacial score (nSPS) is 16.4. The van der Waals surface area contributed by atoms with Gasteiger partial charge in [0.05, 0.1) is 19.3 Å². The van der Waals surface area contributed by atoms with Crippen LogP contribution in [0.4, 0.5) is 0 Å². The molecule has 0 aliphatic carbocycles. The number of morpholine rings is 1. The Kier molecular flexibility index (Phi) is 5.84. The molecule has 2 aromatic carbocycles. The lowest BCUT2D eigenvalue weighted by atomic mass is 10.0. The summed E-state index contributed by atoms with van der Waals surface area (Å²) in [6.07, 6.45) is 0. The quantitative estimate of drug-likeness (QED) is 0.911. The zero-order valence-corrected chi connectivity index (χ0v) is 15.0. The molecule has 0 unspecified atom stereocenters. The van der Waals surface area contributed by atoms with Gasteiger partial charge in [0.1, 0.15) is 0 Å². The van der Waals surface area contributed by atoms with Crippen molar-refractivity contribution in [1.82, 2.24) is 10.2 Å². The summed E-state index contributed by atoms with van der Waals surface area (Å²) in [5.41, 5.74) is 4.21. The van der Waals surface area contributed by atoms with Crippen molar-refractivity contribution in [3.63, 3.8) is 0 Å². The average molecular weight is 338 g/mol. The highest BCUT2D eigenvalue weighted by atomic mass is 16.5. The Morgan fingerprint density at radius 3 is 2.16 bits per heavy atom. The fourth-order valence-electron chi connectivity index (χ4n) is 3.02. The van der Waals surface area contributed by atoms with Crippen LogP contribution < -0.4 is 5.32 Å². The van der Waals surface area contributed by atoms with E-state index in [1.54, 1.807) is 0 Å². The molecule has 1 aliphatic rings. The molecule has 1 amide bonds. The minimum atomic E-state index is -0.0347. The number of rotatable bonds is 5. The van der Waals surface area contributed by atoms with Crippen LogP contribution >= 0.6 is 0 Å². The van der Waals surface area contributed by atoms with E-state index in [0.717, 1.165) is 44.0 Å². The standard InChI is InChI=1S/C21H26N2O2/c1-16-3-7-18(8-4-16)20(15-23-11-13-25-14-12-23)22-21(24)19-9-5-17(2)6-10-19/h3-10,20H,11-15H2,1-2H3,(H,22,24)/t20-/m0/s1. The van der Waals surface area contributed by atoms with Gasteiger partial charge in [-0.25, -0.2) is 0 Å². The maximum atomic E-state index is 12.7. The van der Waals surface area contributed by atoms with Crippen molar-refractivity contribution in [3.05, 3.63) is 70.8 Å². The summed E-state index contributed by atoms with van der Waals surface area (Å²) in [5, 5.41) is 3.21. The first-order chi connectivity index (χ1) is 12.1. The van der Waals surface area contributed by atoms with Crippen molar-refractivity contribution in [3.8, 4) is 0 Å². The van der Waals surface area contributed by atoms with Gasteiger partial charge >= 0.3 is 0 Å². The molecule has 1 saturated heterocycles. The predicted octanol–water partition coefficient (Wildman–Crippen LogP) is 3.11. The fourth-order valence-corrected chi connectivity index (χ4v) is 3.02. The molecule has 2 aromatic rings. The molecule has 3 rings (SSSR count). The van der Waals surface area contributed by atoms with Crippen molar-refractivity contribution < 1.29 is 9.53 Å². The number of nitrogens with zero attached hydrogens (tertiary/aromatic N) is 1. The topological polar surface area (TPSA) is 41.6 Å². The summed E-state index contributed by atoms with van der Waals surface area (Å²) in [6.45, 7) is 8.22. The van der Waals surface area contributed by atoms with Gasteiger partial charge < -0.3 is 10.1 Å². The molecular weight excluding hydrogens is 312 g/mol. The maximum absolute atomic E-state index is 12.7. The molecule has 1 atom stereocenters. The number of carbonyl (C=O) groups excluding carboxylic acids is 1. The summed E-state index contributed by atoms with van der Waals surface area (Å²) < 4.78 is 5.44. The molecule has 4 nitrogen and oxygen atoms in total. The number of hydrogen-bond acceptors (Lipinski definition) is 3. The minimum Gasteiger partial charge on any atom is -0.379 e. The van der Waals surface area contributed by atoms with Gasteiger partial charge in [-0.15, -0.1) is 0 Å². The second-order valence-corrected chi connectivity index (χ2v) is 6.72. The lowest BCUT2D eigenvalue weighted by Gasteiger charge is -2.31. The molecule has 0 saturated carbocycles. The summed E-state index contributed by atoms with van der Waals surface area (Å²) in [4.78, 5) is 15.0. The monoisotopic (exact) mass is 338 g/mol. The van der Waals surface area contributed by atoms with Crippen LogP contribution in [0.15, 0.2) is 48.5 Å². The van der Waals surface area contributed by atoms with Gasteiger partial charge in [0.2, 0.25) is 0 Å². The molecule has 1 heterocycles. The zero-order valence-electron chi connectivity index (χ0n) is 15.0. The number of hydrogen-bond donors (Lipinski definition) is 1. The van der Waals surface area contributed by atoms with Gasteiger partial charge in [-0.3, -0.25) is 9.69 Å². The van der Waals surface area contributed by atoms with Crippen LogP contribution in [0.25, 0.3) is 0 Å². The molecule has 0 bridgehead atoms. The van der Waals surface area contributed by atoms with E-state index in [0.29, 0.717) is 5.56 Å². The van der Waals surface area contributed by atoms with Gasteiger partial charge in [0.15, 0.2) is 0 Å². The Morgan fingerprint density at radius 1 is 1.00 bits per heavy atom. The fraction of sp³-hybridized carbons (Fsp3) is 0.381. The van der Waals surface area contributed by atoms with E-state index in [-0.39, 0.29) is 11.9 Å². The summed E-state index contributed by atoms with van der Waals surface area (Å²) in [6, 6.07) is 16.1. The molecule has 1 fully saturated rings. The summed E-state index contributed by atoms with van der Waals surface area (Å²) in [7, 11) is 0. The molecule has 132 valence electrons. The highest BCUT2D eigenvalue weighted by Gasteiger charge is 2.20. The third kappa shape index (κ3) is 4.91. The lowest BCUT2D eigenvalue weighted by molar-refractivity contribution is 0.0332. The molecule has 25 heavy (non-hydrogen) atoms. The van der Waals surface area contributed by atoms with Crippen molar-refractivity contribution in [1.29, 1.82) is 0 Å². The van der Waals surface area contributed by atoms with E-state index in [4.69, 9.17) is 4.74 Å². The van der Waals surface area contributed by atoms with E-state index >= 15 is 0 Å². The van der Waals surface area contributed by atoms with Crippen LogP contribution in [-0.2, 0) is 4.74 Å². The van der Waals surface area contributed by atoms with E-state index in [1.807, 2.05) is 31.2 Å². The number of carbonyl (C=O) groups is 1. The Bertz CT molecular complexity index is 689. The molecule has 4 heteroatoms. The van der Waals surface area contributed by atoms with Crippen LogP contribution in [0.2, 0.25) is 0 Å². The SMILES string of the molecule is Cc1ccc(C(=O)N[C@@H](CN2CCOCC2)c2ccc(C)cc2)cc1. The molecular formula is C21H26N2O2.